The van der Waals surface area contributed by atoms with Gasteiger partial charge in [0.2, 0.25) is 0 Å². The van der Waals surface area contributed by atoms with Crippen LogP contribution in [0.3, 0.4) is 0 Å². The third-order valence-electron chi connectivity index (χ3n) is 3.75. The number of guanidine groups is 1. The summed E-state index contributed by atoms with van der Waals surface area (Å²) in [7, 11) is 0. The van der Waals surface area contributed by atoms with Crippen LogP contribution in [0.5, 0.6) is 0 Å². The highest BCUT2D eigenvalue weighted by atomic mass is 127. The van der Waals surface area contributed by atoms with Crippen LogP contribution in [0.1, 0.15) is 11.3 Å². The Kier molecular flexibility index (Phi) is 7.05. The number of hydrogen-bond donors (Lipinski definition) is 3. The molecule has 0 atom stereocenters. The van der Waals surface area contributed by atoms with Crippen molar-refractivity contribution in [3.8, 4) is 0 Å². The molecule has 1 aromatic carbocycles. The molecule has 3 aromatic rings. The molecule has 5 nitrogen and oxygen atoms in total. The van der Waals surface area contributed by atoms with Crippen LogP contribution < -0.4 is 11.1 Å². The molecule has 6 heteroatoms. The highest BCUT2D eigenvalue weighted by molar-refractivity contribution is 14.0. The number of para-hydroxylation sites is 1. The number of aromatic nitrogens is 2. The van der Waals surface area contributed by atoms with Gasteiger partial charge in [0.15, 0.2) is 5.96 Å². The lowest BCUT2D eigenvalue weighted by Gasteiger charge is -2.05. The molecule has 0 bridgehead atoms. The molecule has 2 heterocycles. The van der Waals surface area contributed by atoms with E-state index in [1.165, 1.54) is 16.5 Å². The summed E-state index contributed by atoms with van der Waals surface area (Å²) in [5.74, 6) is 0.487. The fourth-order valence-electron chi connectivity index (χ4n) is 2.56. The summed E-state index contributed by atoms with van der Waals surface area (Å²) < 4.78 is 0. The maximum atomic E-state index is 5.90. The fraction of sp³-hybridized carbons (Fsp3) is 0.222. The van der Waals surface area contributed by atoms with Crippen molar-refractivity contribution in [2.24, 2.45) is 10.7 Å². The van der Waals surface area contributed by atoms with Crippen LogP contribution in [0.2, 0.25) is 0 Å². The van der Waals surface area contributed by atoms with Crippen molar-refractivity contribution in [2.75, 3.05) is 13.1 Å². The number of H-pyrrole nitrogens is 1. The molecule has 0 spiro atoms. The molecule has 0 saturated carbocycles. The smallest absolute Gasteiger partial charge is 0.188 e. The number of nitrogens with two attached hydrogens (primary N) is 1. The molecule has 126 valence electrons. The molecular formula is C18H22IN5. The molecule has 0 aliphatic heterocycles. The van der Waals surface area contributed by atoms with Gasteiger partial charge in [0, 0.05) is 48.5 Å². The second kappa shape index (κ2) is 9.27. The predicted molar refractivity (Wildman–Crippen MR) is 110 cm³/mol. The van der Waals surface area contributed by atoms with Crippen molar-refractivity contribution >= 4 is 40.8 Å². The maximum Gasteiger partial charge on any atom is 0.188 e. The van der Waals surface area contributed by atoms with E-state index in [2.05, 4.69) is 44.7 Å². The van der Waals surface area contributed by atoms with Crippen LogP contribution >= 0.6 is 24.0 Å². The van der Waals surface area contributed by atoms with Gasteiger partial charge >= 0.3 is 0 Å². The van der Waals surface area contributed by atoms with E-state index >= 15 is 0 Å². The van der Waals surface area contributed by atoms with E-state index in [0.717, 1.165) is 25.1 Å². The minimum atomic E-state index is 0. The van der Waals surface area contributed by atoms with Crippen LogP contribution in [0.4, 0.5) is 0 Å². The summed E-state index contributed by atoms with van der Waals surface area (Å²) in [5, 5.41) is 4.43. The Hall–Kier alpha value is -2.09. The Morgan fingerprint density at radius 1 is 1.12 bits per heavy atom. The van der Waals surface area contributed by atoms with Crippen molar-refractivity contribution in [3.63, 3.8) is 0 Å². The lowest BCUT2D eigenvalue weighted by atomic mass is 10.1. The van der Waals surface area contributed by atoms with E-state index in [4.69, 9.17) is 5.73 Å². The molecule has 0 aliphatic rings. The molecule has 0 aliphatic carbocycles. The summed E-state index contributed by atoms with van der Waals surface area (Å²) in [5.41, 5.74) is 9.38. The minimum Gasteiger partial charge on any atom is -0.370 e. The van der Waals surface area contributed by atoms with Gasteiger partial charge in [0.1, 0.15) is 0 Å². The van der Waals surface area contributed by atoms with Crippen molar-refractivity contribution in [1.29, 1.82) is 0 Å². The van der Waals surface area contributed by atoms with Crippen molar-refractivity contribution in [2.45, 2.75) is 12.8 Å². The van der Waals surface area contributed by atoms with Crippen LogP contribution in [0, 0.1) is 0 Å². The van der Waals surface area contributed by atoms with Gasteiger partial charge in [-0.25, -0.2) is 0 Å². The number of hydrogen-bond acceptors (Lipinski definition) is 2. The van der Waals surface area contributed by atoms with Gasteiger partial charge in [-0.05, 0) is 30.2 Å². The van der Waals surface area contributed by atoms with Gasteiger partial charge in [0.05, 0.1) is 0 Å². The molecule has 0 radical (unpaired) electrons. The van der Waals surface area contributed by atoms with E-state index in [9.17, 15) is 0 Å². The number of rotatable bonds is 6. The van der Waals surface area contributed by atoms with Crippen LogP contribution in [0.25, 0.3) is 10.9 Å². The summed E-state index contributed by atoms with van der Waals surface area (Å²) in [6.07, 6.45) is 5.55. The molecule has 0 unspecified atom stereocenters. The number of halogens is 1. The number of nitrogens with one attached hydrogen (secondary N) is 2. The number of aliphatic imine (C=N–C) groups is 1. The third-order valence-corrected chi connectivity index (χ3v) is 3.75. The normalized spacial score (nSPS) is 11.2. The van der Waals surface area contributed by atoms with E-state index in [-0.39, 0.29) is 24.0 Å². The lowest BCUT2D eigenvalue weighted by molar-refractivity contribution is 0.842. The van der Waals surface area contributed by atoms with Crippen LogP contribution in [-0.4, -0.2) is 29.0 Å². The second-order valence-electron chi connectivity index (χ2n) is 5.37. The van der Waals surface area contributed by atoms with E-state index in [0.29, 0.717) is 12.5 Å². The highest BCUT2D eigenvalue weighted by Gasteiger charge is 2.02. The zero-order valence-electron chi connectivity index (χ0n) is 13.4. The number of pyridine rings is 1. The Balaban J connectivity index is 0.00000208. The van der Waals surface area contributed by atoms with Gasteiger partial charge in [-0.2, -0.15) is 0 Å². The molecule has 24 heavy (non-hydrogen) atoms. The molecule has 4 N–H and O–H groups in total. The summed E-state index contributed by atoms with van der Waals surface area (Å²) in [6.45, 7) is 1.41. The van der Waals surface area contributed by atoms with E-state index < -0.39 is 0 Å². The van der Waals surface area contributed by atoms with E-state index in [1.54, 1.807) is 6.20 Å². The number of benzene rings is 1. The van der Waals surface area contributed by atoms with Gasteiger partial charge < -0.3 is 16.0 Å². The Bertz CT molecular complexity index is 782. The van der Waals surface area contributed by atoms with E-state index in [1.807, 2.05) is 24.3 Å². The molecule has 3 rings (SSSR count). The summed E-state index contributed by atoms with van der Waals surface area (Å²) in [6, 6.07) is 14.2. The highest BCUT2D eigenvalue weighted by Crippen LogP contribution is 2.17. The van der Waals surface area contributed by atoms with Crippen molar-refractivity contribution in [1.82, 2.24) is 15.3 Å². The Morgan fingerprint density at radius 2 is 1.96 bits per heavy atom. The first-order chi connectivity index (χ1) is 11.3. The van der Waals surface area contributed by atoms with Gasteiger partial charge in [0.25, 0.3) is 0 Å². The molecule has 0 saturated heterocycles. The third kappa shape index (κ3) is 4.95. The lowest BCUT2D eigenvalue weighted by Crippen LogP contribution is -2.33. The summed E-state index contributed by atoms with van der Waals surface area (Å²) >= 11 is 0. The predicted octanol–water partition coefficient (Wildman–Crippen LogP) is 2.87. The average Bonchev–Trinajstić information content (AvgIpc) is 2.99. The topological polar surface area (TPSA) is 79.1 Å². The SMILES string of the molecule is I.NC(=NCCc1ccccn1)NCCc1c[nH]c2ccccc12. The largest absolute Gasteiger partial charge is 0.370 e. The zero-order valence-corrected chi connectivity index (χ0v) is 15.7. The van der Waals surface area contributed by atoms with Crippen molar-refractivity contribution < 1.29 is 0 Å². The molecule has 0 fully saturated rings. The fourth-order valence-corrected chi connectivity index (χ4v) is 2.56. The monoisotopic (exact) mass is 435 g/mol. The van der Waals surface area contributed by atoms with Crippen LogP contribution in [0.15, 0.2) is 59.9 Å². The number of aromatic amines is 1. The number of fused-ring (bicyclic) bond motifs is 1. The zero-order chi connectivity index (χ0) is 15.9. The van der Waals surface area contributed by atoms with Crippen molar-refractivity contribution in [3.05, 3.63) is 66.1 Å². The summed E-state index contributed by atoms with van der Waals surface area (Å²) in [4.78, 5) is 11.9. The standard InChI is InChI=1S/C18H21N5.HI/c19-18(22-12-9-15-5-3-4-10-20-15)21-11-8-14-13-23-17-7-2-1-6-16(14)17;/h1-7,10,13,23H,8-9,11-12H2,(H3,19,21,22);1H. The molecule has 0 amide bonds. The number of nitrogens with zero attached hydrogens (tertiary/aromatic N) is 2. The second-order valence-corrected chi connectivity index (χ2v) is 5.37. The quantitative estimate of drug-likeness (QED) is 0.317. The molecule has 2 aromatic heterocycles. The molecular weight excluding hydrogens is 413 g/mol. The minimum absolute atomic E-state index is 0. The first kappa shape index (κ1) is 18.3. The first-order valence-corrected chi connectivity index (χ1v) is 7.81. The average molecular weight is 435 g/mol. The first-order valence-electron chi connectivity index (χ1n) is 7.81. The van der Waals surface area contributed by atoms with Gasteiger partial charge in [-0.15, -0.1) is 24.0 Å². The van der Waals surface area contributed by atoms with Gasteiger partial charge in [-0.1, -0.05) is 24.3 Å². The van der Waals surface area contributed by atoms with Gasteiger partial charge in [-0.3, -0.25) is 9.98 Å². The maximum absolute atomic E-state index is 5.90. The Morgan fingerprint density at radius 3 is 2.79 bits per heavy atom. The Labute approximate surface area is 158 Å². The van der Waals surface area contributed by atoms with Crippen LogP contribution in [-0.2, 0) is 12.8 Å².